The third-order valence-electron chi connectivity index (χ3n) is 7.90. The minimum Gasteiger partial charge on any atom is -0.478 e. The van der Waals surface area contributed by atoms with Gasteiger partial charge < -0.3 is 36.4 Å². The first kappa shape index (κ1) is 34.9. The minimum atomic E-state index is -1.82. The quantitative estimate of drug-likeness (QED) is 0.0401. The molecule has 4 aromatic heterocycles. The zero-order valence-electron chi connectivity index (χ0n) is 26.2. The fourth-order valence-corrected chi connectivity index (χ4v) is 8.41. The Kier molecular flexibility index (Phi) is 9.33. The predicted octanol–water partition coefficient (Wildman–Crippen LogP) is 2.04. The highest BCUT2D eigenvalue weighted by Crippen LogP contribution is 2.40. The molecule has 50 heavy (non-hydrogen) atoms. The van der Waals surface area contributed by atoms with Gasteiger partial charge in [-0.15, -0.1) is 23.1 Å². The van der Waals surface area contributed by atoms with Crippen LogP contribution in [0.4, 0.5) is 5.13 Å². The number of pyridine rings is 1. The molecule has 2 aliphatic rings. The van der Waals surface area contributed by atoms with E-state index >= 15 is 0 Å². The first-order valence-corrected chi connectivity index (χ1v) is 17.8. The largest absolute Gasteiger partial charge is 0.478 e. The molecular weight excluding hydrogens is 730 g/mol. The van der Waals surface area contributed by atoms with Gasteiger partial charge in [0, 0.05) is 44.8 Å². The number of thioether (sulfide) groups is 1. The van der Waals surface area contributed by atoms with Gasteiger partial charge in [-0.25, -0.2) is 14.6 Å². The monoisotopic (exact) mass is 758 g/mol. The van der Waals surface area contributed by atoms with E-state index in [1.165, 1.54) is 36.9 Å². The van der Waals surface area contributed by atoms with Crippen molar-refractivity contribution in [1.82, 2.24) is 19.8 Å². The number of hydrogen-bond acceptors (Lipinski definition) is 12. The van der Waals surface area contributed by atoms with E-state index in [2.05, 4.69) is 15.5 Å². The van der Waals surface area contributed by atoms with E-state index in [4.69, 9.17) is 33.3 Å². The number of anilines is 1. The molecule has 0 radical (unpaired) electrons. The number of amidine groups is 1. The predicted molar refractivity (Wildman–Crippen MR) is 187 cm³/mol. The van der Waals surface area contributed by atoms with Crippen molar-refractivity contribution in [3.05, 3.63) is 73.9 Å². The Labute approximate surface area is 300 Å². The van der Waals surface area contributed by atoms with E-state index < -0.39 is 46.5 Å². The van der Waals surface area contributed by atoms with Crippen LogP contribution in [0.5, 0.6) is 0 Å². The maximum atomic E-state index is 13.5. The number of carboxylic acid groups (broad SMARTS) is 2. The second-order valence-electron chi connectivity index (χ2n) is 11.8. The highest BCUT2D eigenvalue weighted by Gasteiger charge is 2.55. The molecule has 4 aromatic rings. The number of carbonyl (C=O) groups is 4. The summed E-state index contributed by atoms with van der Waals surface area (Å²) >= 11 is 9.86. The average molecular weight is 759 g/mol. The molecule has 6 rings (SSSR count). The zero-order chi connectivity index (χ0) is 36.1. The summed E-state index contributed by atoms with van der Waals surface area (Å²) in [4.78, 5) is 62.3. The second-order valence-corrected chi connectivity index (χ2v) is 15.5. The molecule has 16 nitrogen and oxygen atoms in total. The Morgan fingerprint density at radius 2 is 2.06 bits per heavy atom. The summed E-state index contributed by atoms with van der Waals surface area (Å²) in [5, 5.41) is 35.7. The summed E-state index contributed by atoms with van der Waals surface area (Å²) in [6, 6.07) is 4.64. The van der Waals surface area contributed by atoms with E-state index in [9.17, 15) is 29.4 Å². The van der Waals surface area contributed by atoms with Crippen molar-refractivity contribution < 1.29 is 38.8 Å². The smallest absolute Gasteiger partial charge is 0.352 e. The number of aromatic nitrogens is 3. The van der Waals surface area contributed by atoms with Gasteiger partial charge in [0.25, 0.3) is 11.8 Å². The zero-order valence-corrected chi connectivity index (χ0v) is 29.5. The number of carbonyl (C=O) groups excluding carboxylic acids is 2. The number of aliphatic carboxylic acids is 2. The average Bonchev–Trinajstić information content (AvgIpc) is 3.78. The van der Waals surface area contributed by atoms with Crippen LogP contribution >= 0.6 is 46.0 Å². The molecule has 0 bridgehead atoms. The summed E-state index contributed by atoms with van der Waals surface area (Å²) in [6.45, 7) is 3.19. The van der Waals surface area contributed by atoms with Crippen molar-refractivity contribution in [2.45, 2.75) is 44.0 Å². The molecule has 2 amide bonds. The maximum absolute atomic E-state index is 13.5. The van der Waals surface area contributed by atoms with E-state index in [1.54, 1.807) is 0 Å². The fraction of sp³-hybridized carbons (Fsp3) is 0.267. The molecule has 260 valence electrons. The van der Waals surface area contributed by atoms with Crippen LogP contribution in [0.25, 0.3) is 10.9 Å². The van der Waals surface area contributed by atoms with Crippen LogP contribution < -0.4 is 21.4 Å². The molecule has 0 aliphatic carbocycles. The first-order valence-electron chi connectivity index (χ1n) is 14.7. The van der Waals surface area contributed by atoms with Crippen molar-refractivity contribution in [2.75, 3.05) is 11.5 Å². The molecule has 1 fully saturated rings. The molecule has 6 heterocycles. The summed E-state index contributed by atoms with van der Waals surface area (Å²) in [5.41, 5.74) is 10.8. The number of carboxylic acids is 2. The van der Waals surface area contributed by atoms with E-state index in [0.717, 1.165) is 32.0 Å². The number of nitrogen functional groups attached to an aromatic ring is 2. The van der Waals surface area contributed by atoms with Gasteiger partial charge in [-0.1, -0.05) is 28.1 Å². The number of hydrogen-bond donors (Lipinski definition) is 6. The van der Waals surface area contributed by atoms with Crippen molar-refractivity contribution >= 4 is 97.4 Å². The number of nitrogens with one attached hydrogen (secondary N) is 2. The van der Waals surface area contributed by atoms with Crippen LogP contribution in [0.2, 0.25) is 4.34 Å². The Bertz CT molecular complexity index is 2150. The number of amides is 2. The van der Waals surface area contributed by atoms with Crippen molar-refractivity contribution in [1.29, 1.82) is 5.41 Å². The molecule has 0 aromatic carbocycles. The molecule has 2 atom stereocenters. The molecular formula is C30H29ClN9O7S3+. The van der Waals surface area contributed by atoms with Gasteiger partial charge in [0.1, 0.15) is 38.5 Å². The van der Waals surface area contributed by atoms with E-state index in [1.807, 2.05) is 51.3 Å². The van der Waals surface area contributed by atoms with Gasteiger partial charge in [0.2, 0.25) is 5.60 Å². The number of thiophene rings is 1. The molecule has 2 aliphatic heterocycles. The molecule has 0 spiro atoms. The van der Waals surface area contributed by atoms with Crippen molar-refractivity contribution in [2.24, 2.45) is 10.9 Å². The van der Waals surface area contributed by atoms with Gasteiger partial charge in [-0.2, -0.15) is 4.57 Å². The Morgan fingerprint density at radius 3 is 2.70 bits per heavy atom. The van der Waals surface area contributed by atoms with Crippen LogP contribution in [0.15, 0.2) is 58.6 Å². The lowest BCUT2D eigenvalue weighted by Gasteiger charge is -2.49. The topological polar surface area (TPSA) is 243 Å². The lowest BCUT2D eigenvalue weighted by atomic mass is 10.0. The Morgan fingerprint density at radius 1 is 1.30 bits per heavy atom. The van der Waals surface area contributed by atoms with Crippen LogP contribution in [0.1, 0.15) is 30.0 Å². The maximum Gasteiger partial charge on any atom is 0.352 e. The number of thiazole rings is 1. The number of oxime groups is 1. The van der Waals surface area contributed by atoms with Crippen LogP contribution in [-0.4, -0.2) is 82.7 Å². The molecule has 8 N–H and O–H groups in total. The van der Waals surface area contributed by atoms with E-state index in [0.29, 0.717) is 17.7 Å². The number of β-lactam (4-membered cyclic amide) rings is 1. The summed E-state index contributed by atoms with van der Waals surface area (Å²) in [6.07, 6.45) is 5.69. The minimum absolute atomic E-state index is 0.00338. The summed E-state index contributed by atoms with van der Waals surface area (Å²) in [7, 11) is 0. The van der Waals surface area contributed by atoms with Gasteiger partial charge in [0.15, 0.2) is 29.8 Å². The molecule has 20 heteroatoms. The number of fused-ring (bicyclic) bond motifs is 2. The third-order valence-corrected chi connectivity index (χ3v) is 11.2. The number of rotatable bonds is 12. The van der Waals surface area contributed by atoms with Gasteiger partial charge in [0.05, 0.1) is 6.54 Å². The number of nitrogens with two attached hydrogens (primary N) is 2. The van der Waals surface area contributed by atoms with Gasteiger partial charge in [-0.05, 0) is 26.0 Å². The molecule has 0 unspecified atom stereocenters. The highest BCUT2D eigenvalue weighted by atomic mass is 35.5. The normalized spacial score (nSPS) is 17.8. The molecule has 1 saturated heterocycles. The number of halogens is 1. The van der Waals surface area contributed by atoms with Crippen molar-refractivity contribution in [3.8, 4) is 0 Å². The number of nitrogens with zero attached hydrogens (tertiary/aromatic N) is 5. The van der Waals surface area contributed by atoms with Gasteiger partial charge in [-0.3, -0.25) is 19.9 Å². The fourth-order valence-electron chi connectivity index (χ4n) is 5.27. The Hall–Kier alpha value is -4.98. The van der Waals surface area contributed by atoms with Crippen LogP contribution in [0.3, 0.4) is 0 Å². The Balaban J connectivity index is 1.22. The third kappa shape index (κ3) is 6.63. The van der Waals surface area contributed by atoms with Gasteiger partial charge >= 0.3 is 11.9 Å². The van der Waals surface area contributed by atoms with E-state index in [-0.39, 0.29) is 39.0 Å². The molecule has 0 saturated carbocycles. The summed E-state index contributed by atoms with van der Waals surface area (Å²) in [5.74, 6) is -3.99. The summed E-state index contributed by atoms with van der Waals surface area (Å²) < 4.78 is 3.88. The lowest BCUT2D eigenvalue weighted by molar-refractivity contribution is -0.687. The second kappa shape index (κ2) is 13.4. The standard InChI is InChI=1S/C30H28ClN9O7S3/c1-30(2,28(45)46)47-37-19(18-22(31)50-29(34)36-18)24(41)35-20-25(42)40-21(27(43)44)15(12-49-26(20)40)8-38-5-3-13-4-6-39(17(13)10-38)9-16-7-14(11-48-16)23(32)33/h3-7,10-11,20,26H,8-9,12H2,1-2H3,(H7-,32,33,34,35,36,41,43,44,45,46)/p+1/b37-19-/t20-,26-/m1/s1. The van der Waals surface area contributed by atoms with Crippen molar-refractivity contribution in [3.63, 3.8) is 0 Å². The SMILES string of the molecule is CC(C)(O/N=C(\C(=O)N[C@@H]1C(=O)N2C(C(=O)O)=C(C[n+]3ccc4ccn(Cc5cc(C(=N)N)cs5)c4c3)CS[C@H]12)c1nc(N)sc1Cl)C(=O)O. The van der Waals surface area contributed by atoms with Crippen LogP contribution in [0, 0.1) is 5.41 Å². The van der Waals surface area contributed by atoms with Crippen LogP contribution in [-0.2, 0) is 37.1 Å². The highest BCUT2D eigenvalue weighted by molar-refractivity contribution is 8.00. The first-order chi connectivity index (χ1) is 23.6. The lowest BCUT2D eigenvalue weighted by Crippen LogP contribution is -2.71.